The van der Waals surface area contributed by atoms with Gasteiger partial charge in [-0.2, -0.15) is 23.5 Å². The zero-order valence-corrected chi connectivity index (χ0v) is 19.1. The number of amides is 1. The van der Waals surface area contributed by atoms with E-state index in [2.05, 4.69) is 10.1 Å². The van der Waals surface area contributed by atoms with Gasteiger partial charge in [0.1, 0.15) is 6.54 Å². The van der Waals surface area contributed by atoms with Crippen LogP contribution in [-0.2, 0) is 22.8 Å². The normalized spacial score (nSPS) is 13.3. The predicted octanol–water partition coefficient (Wildman–Crippen LogP) is 4.90. The smallest absolute Gasteiger partial charge is 0.332 e. The first-order valence-electron chi connectivity index (χ1n) is 10.8. The number of rotatable bonds is 6. The molecule has 0 aliphatic heterocycles. The molecular formula is C26H22F3N5O. The average Bonchev–Trinajstić information content (AvgIpc) is 3.28. The molecule has 35 heavy (non-hydrogen) atoms. The van der Waals surface area contributed by atoms with E-state index in [1.165, 1.54) is 23.2 Å². The highest BCUT2D eigenvalue weighted by Crippen LogP contribution is 2.34. The number of benzene rings is 2. The molecule has 0 bridgehead atoms. The highest BCUT2D eigenvalue weighted by molar-refractivity contribution is 5.88. The Balaban J connectivity index is 1.83. The summed E-state index contributed by atoms with van der Waals surface area (Å²) < 4.78 is 40.5. The van der Waals surface area contributed by atoms with Crippen LogP contribution in [-0.4, -0.2) is 39.0 Å². The number of carbonyl (C=O) groups is 1. The standard InChI is InChI=1S/C26H22F3N5O/c1-25(24(35)33(2)15-13-30,16-18-6-4-3-5-7-18)22-12-14-31-23-21(17-32-34(22)23)19-8-10-20(11-9-19)26(27,28)29/h3-12,14,17H,15-16H2,1-2H3. The Labute approximate surface area is 200 Å². The summed E-state index contributed by atoms with van der Waals surface area (Å²) in [5, 5.41) is 13.6. The first kappa shape index (κ1) is 24.0. The van der Waals surface area contributed by atoms with E-state index >= 15 is 0 Å². The lowest BCUT2D eigenvalue weighted by atomic mass is 9.78. The monoisotopic (exact) mass is 477 g/mol. The van der Waals surface area contributed by atoms with Crippen LogP contribution < -0.4 is 0 Å². The third-order valence-corrected chi connectivity index (χ3v) is 6.02. The maximum Gasteiger partial charge on any atom is 0.416 e. The van der Waals surface area contributed by atoms with Crippen LogP contribution in [0.2, 0.25) is 0 Å². The van der Waals surface area contributed by atoms with Crippen LogP contribution in [0, 0.1) is 11.3 Å². The Morgan fingerprint density at radius 2 is 1.77 bits per heavy atom. The van der Waals surface area contributed by atoms with Crippen LogP contribution in [0.5, 0.6) is 0 Å². The van der Waals surface area contributed by atoms with Crippen molar-refractivity contribution in [2.75, 3.05) is 13.6 Å². The van der Waals surface area contributed by atoms with Crippen molar-refractivity contribution in [3.8, 4) is 17.2 Å². The highest BCUT2D eigenvalue weighted by atomic mass is 19.4. The molecule has 2 heterocycles. The zero-order chi connectivity index (χ0) is 25.2. The Bertz CT molecular complexity index is 1390. The molecule has 0 saturated carbocycles. The highest BCUT2D eigenvalue weighted by Gasteiger charge is 2.40. The van der Waals surface area contributed by atoms with Gasteiger partial charge in [0.2, 0.25) is 5.91 Å². The second kappa shape index (κ2) is 9.22. The summed E-state index contributed by atoms with van der Waals surface area (Å²) in [5.41, 5.74) is 1.12. The van der Waals surface area contributed by atoms with Crippen LogP contribution in [0.3, 0.4) is 0 Å². The number of halogens is 3. The van der Waals surface area contributed by atoms with Crippen molar-refractivity contribution in [2.24, 2.45) is 0 Å². The largest absolute Gasteiger partial charge is 0.416 e. The van der Waals surface area contributed by atoms with E-state index in [9.17, 15) is 18.0 Å². The number of fused-ring (bicyclic) bond motifs is 1. The lowest BCUT2D eigenvalue weighted by molar-refractivity contribution is -0.137. The maximum atomic E-state index is 13.6. The second-order valence-electron chi connectivity index (χ2n) is 8.51. The topological polar surface area (TPSA) is 74.3 Å². The fourth-order valence-corrected chi connectivity index (χ4v) is 4.23. The van der Waals surface area contributed by atoms with Crippen molar-refractivity contribution in [2.45, 2.75) is 24.9 Å². The van der Waals surface area contributed by atoms with Crippen molar-refractivity contribution in [3.05, 3.63) is 89.9 Å². The quantitative estimate of drug-likeness (QED) is 0.371. The number of nitriles is 1. The Morgan fingerprint density at radius 1 is 1.09 bits per heavy atom. The maximum absolute atomic E-state index is 13.6. The Hall–Kier alpha value is -4.19. The van der Waals surface area contributed by atoms with Crippen LogP contribution >= 0.6 is 0 Å². The minimum Gasteiger partial charge on any atom is -0.332 e. The third kappa shape index (κ3) is 4.60. The van der Waals surface area contributed by atoms with Crippen LogP contribution in [0.25, 0.3) is 16.8 Å². The SMILES string of the molecule is CN(CC#N)C(=O)C(C)(Cc1ccccc1)c1ccnc2c(-c3ccc(C(F)(F)F)cc3)cnn12. The Morgan fingerprint density at radius 3 is 2.40 bits per heavy atom. The molecular weight excluding hydrogens is 455 g/mol. The van der Waals surface area contributed by atoms with Gasteiger partial charge in [0.25, 0.3) is 0 Å². The van der Waals surface area contributed by atoms with Gasteiger partial charge in [0.15, 0.2) is 5.65 Å². The molecule has 6 nitrogen and oxygen atoms in total. The predicted molar refractivity (Wildman–Crippen MR) is 124 cm³/mol. The fraction of sp³-hybridized carbons (Fsp3) is 0.231. The van der Waals surface area contributed by atoms with Gasteiger partial charge in [-0.05, 0) is 42.7 Å². The summed E-state index contributed by atoms with van der Waals surface area (Å²) in [5.74, 6) is -0.262. The molecule has 0 radical (unpaired) electrons. The van der Waals surface area contributed by atoms with Crippen molar-refractivity contribution < 1.29 is 18.0 Å². The zero-order valence-electron chi connectivity index (χ0n) is 19.1. The minimum atomic E-state index is -4.43. The van der Waals surface area contributed by atoms with Crippen LogP contribution in [0.15, 0.2) is 73.1 Å². The van der Waals surface area contributed by atoms with Crippen LogP contribution in [0.1, 0.15) is 23.7 Å². The third-order valence-electron chi connectivity index (χ3n) is 6.02. The molecule has 1 unspecified atom stereocenters. The Kier molecular flexibility index (Phi) is 6.31. The second-order valence-corrected chi connectivity index (χ2v) is 8.51. The molecule has 0 aliphatic rings. The van der Waals surface area contributed by atoms with Crippen molar-refractivity contribution in [3.63, 3.8) is 0 Å². The molecule has 0 aliphatic carbocycles. The fourth-order valence-electron chi connectivity index (χ4n) is 4.23. The number of nitrogens with zero attached hydrogens (tertiary/aromatic N) is 5. The van der Waals surface area contributed by atoms with Gasteiger partial charge in [-0.3, -0.25) is 4.79 Å². The first-order chi connectivity index (χ1) is 16.6. The summed E-state index contributed by atoms with van der Waals surface area (Å²) in [6.07, 6.45) is -1.00. The van der Waals surface area contributed by atoms with Crippen LogP contribution in [0.4, 0.5) is 13.2 Å². The van der Waals surface area contributed by atoms with E-state index in [1.54, 1.807) is 30.8 Å². The number of hydrogen-bond acceptors (Lipinski definition) is 4. The first-order valence-corrected chi connectivity index (χ1v) is 10.8. The van der Waals surface area contributed by atoms with E-state index in [0.717, 1.165) is 17.7 Å². The van der Waals surface area contributed by atoms with E-state index in [1.807, 2.05) is 36.4 Å². The van der Waals surface area contributed by atoms with Gasteiger partial charge in [0, 0.05) is 18.8 Å². The molecule has 0 spiro atoms. The van der Waals surface area contributed by atoms with E-state index in [4.69, 9.17) is 5.26 Å². The molecule has 4 rings (SSSR count). The number of carbonyl (C=O) groups excluding carboxylic acids is 1. The molecule has 0 saturated heterocycles. The molecule has 9 heteroatoms. The van der Waals surface area contributed by atoms with Gasteiger partial charge in [0.05, 0.1) is 28.9 Å². The molecule has 178 valence electrons. The summed E-state index contributed by atoms with van der Waals surface area (Å²) in [6, 6.07) is 18.0. The number of aromatic nitrogens is 3. The minimum absolute atomic E-state index is 0.0760. The van der Waals surface area contributed by atoms with Gasteiger partial charge in [-0.1, -0.05) is 42.5 Å². The van der Waals surface area contributed by atoms with E-state index in [0.29, 0.717) is 28.9 Å². The lowest BCUT2D eigenvalue weighted by Crippen LogP contribution is -2.46. The molecule has 1 amide bonds. The molecule has 2 aromatic carbocycles. The molecule has 2 aromatic heterocycles. The molecule has 4 aromatic rings. The molecule has 0 fully saturated rings. The number of hydrogen-bond donors (Lipinski definition) is 0. The van der Waals surface area contributed by atoms with E-state index < -0.39 is 17.2 Å². The molecule has 0 N–H and O–H groups in total. The summed E-state index contributed by atoms with van der Waals surface area (Å²) >= 11 is 0. The van der Waals surface area contributed by atoms with Gasteiger partial charge in [-0.15, -0.1) is 0 Å². The lowest BCUT2D eigenvalue weighted by Gasteiger charge is -2.32. The average molecular weight is 477 g/mol. The number of likely N-dealkylation sites (N-methyl/N-ethyl adjacent to an activating group) is 1. The van der Waals surface area contributed by atoms with Crippen molar-refractivity contribution in [1.29, 1.82) is 5.26 Å². The van der Waals surface area contributed by atoms with Gasteiger partial charge < -0.3 is 4.90 Å². The van der Waals surface area contributed by atoms with Crippen molar-refractivity contribution >= 4 is 11.6 Å². The summed E-state index contributed by atoms with van der Waals surface area (Å²) in [4.78, 5) is 19.4. The van der Waals surface area contributed by atoms with Crippen molar-refractivity contribution in [1.82, 2.24) is 19.5 Å². The van der Waals surface area contributed by atoms with Gasteiger partial charge >= 0.3 is 6.18 Å². The summed E-state index contributed by atoms with van der Waals surface area (Å²) in [6.45, 7) is 1.72. The van der Waals surface area contributed by atoms with Gasteiger partial charge in [-0.25, -0.2) is 9.50 Å². The number of alkyl halides is 3. The van der Waals surface area contributed by atoms with E-state index in [-0.39, 0.29) is 12.5 Å². The summed E-state index contributed by atoms with van der Waals surface area (Å²) in [7, 11) is 1.57. The molecule has 1 atom stereocenters.